The predicted molar refractivity (Wildman–Crippen MR) is 98.4 cm³/mol. The molecule has 1 atom stereocenters. The van der Waals surface area contributed by atoms with Crippen molar-refractivity contribution in [1.29, 1.82) is 0 Å². The van der Waals surface area contributed by atoms with Crippen LogP contribution in [0, 0.1) is 5.92 Å². The molecule has 2 aliphatic carbocycles. The van der Waals surface area contributed by atoms with E-state index in [4.69, 9.17) is 5.11 Å². The highest BCUT2D eigenvalue weighted by molar-refractivity contribution is 5.86. The SMILES string of the molecule is CCCC1CCC(c2ccc(C3CC=C(C(=O)O)CC3)cc2)CC1. The van der Waals surface area contributed by atoms with Gasteiger partial charge < -0.3 is 5.11 Å². The second kappa shape index (κ2) is 8.00. The summed E-state index contributed by atoms with van der Waals surface area (Å²) in [7, 11) is 0. The normalized spacial score (nSPS) is 27.5. The van der Waals surface area contributed by atoms with Crippen LogP contribution in [0.25, 0.3) is 0 Å². The first-order chi connectivity index (χ1) is 11.7. The molecular weight excluding hydrogens is 296 g/mol. The van der Waals surface area contributed by atoms with E-state index < -0.39 is 5.97 Å². The van der Waals surface area contributed by atoms with E-state index in [2.05, 4.69) is 31.2 Å². The zero-order chi connectivity index (χ0) is 16.9. The molecule has 1 unspecified atom stereocenters. The van der Waals surface area contributed by atoms with E-state index in [1.165, 1.54) is 49.7 Å². The molecule has 0 aromatic heterocycles. The number of carboxylic acids is 1. The van der Waals surface area contributed by atoms with Crippen LogP contribution in [-0.2, 0) is 4.79 Å². The largest absolute Gasteiger partial charge is 0.478 e. The van der Waals surface area contributed by atoms with Crippen molar-refractivity contribution in [1.82, 2.24) is 0 Å². The molecule has 0 radical (unpaired) electrons. The number of carboxylic acid groups (broad SMARTS) is 1. The number of carbonyl (C=O) groups is 1. The van der Waals surface area contributed by atoms with Gasteiger partial charge in [0, 0.05) is 5.57 Å². The topological polar surface area (TPSA) is 37.3 Å². The standard InChI is InChI=1S/C22H30O2/c1-2-3-16-4-6-17(7-5-16)18-8-10-19(11-9-18)20-12-14-21(15-13-20)22(23)24/h8-11,14,16-17,20H,2-7,12-13,15H2,1H3,(H,23,24). The lowest BCUT2D eigenvalue weighted by Gasteiger charge is -2.29. The quantitative estimate of drug-likeness (QED) is 0.716. The molecule has 0 heterocycles. The Kier molecular flexibility index (Phi) is 5.76. The van der Waals surface area contributed by atoms with Crippen LogP contribution >= 0.6 is 0 Å². The van der Waals surface area contributed by atoms with Crippen molar-refractivity contribution < 1.29 is 9.90 Å². The Morgan fingerprint density at radius 3 is 2.12 bits per heavy atom. The minimum atomic E-state index is -0.748. The summed E-state index contributed by atoms with van der Waals surface area (Å²) in [6.07, 6.45) is 12.6. The van der Waals surface area contributed by atoms with Gasteiger partial charge in [-0.15, -0.1) is 0 Å². The molecular formula is C22H30O2. The zero-order valence-electron chi connectivity index (χ0n) is 14.8. The fourth-order valence-electron chi connectivity index (χ4n) is 4.56. The fraction of sp³-hybridized carbons (Fsp3) is 0.591. The molecule has 2 aliphatic rings. The van der Waals surface area contributed by atoms with E-state index in [1.807, 2.05) is 6.08 Å². The molecule has 0 bridgehead atoms. The van der Waals surface area contributed by atoms with Crippen LogP contribution in [0.15, 0.2) is 35.9 Å². The van der Waals surface area contributed by atoms with E-state index in [9.17, 15) is 4.79 Å². The summed E-state index contributed by atoms with van der Waals surface area (Å²) in [4.78, 5) is 11.0. The van der Waals surface area contributed by atoms with Crippen LogP contribution < -0.4 is 0 Å². The Morgan fingerprint density at radius 1 is 1.00 bits per heavy atom. The summed E-state index contributed by atoms with van der Waals surface area (Å²) in [5.41, 5.74) is 3.47. The third-order valence-electron chi connectivity index (χ3n) is 6.11. The lowest BCUT2D eigenvalue weighted by molar-refractivity contribution is -0.132. The summed E-state index contributed by atoms with van der Waals surface area (Å²) < 4.78 is 0. The maximum absolute atomic E-state index is 11.0. The minimum absolute atomic E-state index is 0.488. The van der Waals surface area contributed by atoms with Crippen LogP contribution in [0.2, 0.25) is 0 Å². The zero-order valence-corrected chi connectivity index (χ0v) is 14.8. The second-order valence-electron chi connectivity index (χ2n) is 7.68. The molecule has 0 saturated heterocycles. The Morgan fingerprint density at radius 2 is 1.62 bits per heavy atom. The summed E-state index contributed by atoms with van der Waals surface area (Å²) in [6, 6.07) is 9.24. The molecule has 1 aromatic carbocycles. The van der Waals surface area contributed by atoms with Crippen molar-refractivity contribution in [3.8, 4) is 0 Å². The summed E-state index contributed by atoms with van der Waals surface area (Å²) >= 11 is 0. The average molecular weight is 326 g/mol. The molecule has 2 nitrogen and oxygen atoms in total. The number of hydrogen-bond donors (Lipinski definition) is 1. The fourth-order valence-corrected chi connectivity index (χ4v) is 4.56. The molecule has 24 heavy (non-hydrogen) atoms. The summed E-state index contributed by atoms with van der Waals surface area (Å²) in [5, 5.41) is 9.06. The van der Waals surface area contributed by atoms with Gasteiger partial charge in [0.25, 0.3) is 0 Å². The van der Waals surface area contributed by atoms with Gasteiger partial charge in [-0.2, -0.15) is 0 Å². The van der Waals surface area contributed by atoms with Gasteiger partial charge in [0.2, 0.25) is 0 Å². The van der Waals surface area contributed by atoms with Crippen molar-refractivity contribution in [3.63, 3.8) is 0 Å². The number of aliphatic carboxylic acids is 1. The van der Waals surface area contributed by atoms with E-state index in [0.29, 0.717) is 17.9 Å². The smallest absolute Gasteiger partial charge is 0.331 e. The molecule has 1 fully saturated rings. The molecule has 0 spiro atoms. The van der Waals surface area contributed by atoms with Crippen molar-refractivity contribution in [3.05, 3.63) is 47.0 Å². The van der Waals surface area contributed by atoms with Crippen LogP contribution in [0.4, 0.5) is 0 Å². The third kappa shape index (κ3) is 4.09. The van der Waals surface area contributed by atoms with Crippen molar-refractivity contribution in [2.24, 2.45) is 5.92 Å². The molecule has 0 aliphatic heterocycles. The Hall–Kier alpha value is -1.57. The van der Waals surface area contributed by atoms with Gasteiger partial charge in [0.15, 0.2) is 0 Å². The summed E-state index contributed by atoms with van der Waals surface area (Å²) in [5.74, 6) is 1.45. The molecule has 2 heteroatoms. The summed E-state index contributed by atoms with van der Waals surface area (Å²) in [6.45, 7) is 2.30. The third-order valence-corrected chi connectivity index (χ3v) is 6.11. The molecule has 1 saturated carbocycles. The Balaban J connectivity index is 1.58. The van der Waals surface area contributed by atoms with Gasteiger partial charge >= 0.3 is 5.97 Å². The van der Waals surface area contributed by atoms with Gasteiger partial charge in [-0.25, -0.2) is 4.79 Å². The molecule has 1 aromatic rings. The first-order valence-electron chi connectivity index (χ1n) is 9.69. The van der Waals surface area contributed by atoms with Gasteiger partial charge in [0.05, 0.1) is 0 Å². The van der Waals surface area contributed by atoms with Gasteiger partial charge in [-0.1, -0.05) is 50.1 Å². The lowest BCUT2D eigenvalue weighted by Crippen LogP contribution is -2.13. The number of benzene rings is 1. The predicted octanol–water partition coefficient (Wildman–Crippen LogP) is 6.04. The Bertz CT molecular complexity index is 576. The highest BCUT2D eigenvalue weighted by Gasteiger charge is 2.23. The molecule has 3 rings (SSSR count). The van der Waals surface area contributed by atoms with Gasteiger partial charge in [-0.05, 0) is 73.8 Å². The first kappa shape index (κ1) is 17.3. The minimum Gasteiger partial charge on any atom is -0.478 e. The maximum atomic E-state index is 11.0. The van der Waals surface area contributed by atoms with Gasteiger partial charge in [-0.3, -0.25) is 0 Å². The maximum Gasteiger partial charge on any atom is 0.331 e. The second-order valence-corrected chi connectivity index (χ2v) is 7.68. The lowest BCUT2D eigenvalue weighted by atomic mass is 9.76. The van der Waals surface area contributed by atoms with Crippen LogP contribution in [0.3, 0.4) is 0 Å². The van der Waals surface area contributed by atoms with Crippen molar-refractivity contribution in [2.75, 3.05) is 0 Å². The van der Waals surface area contributed by atoms with E-state index in [1.54, 1.807) is 0 Å². The molecule has 1 N–H and O–H groups in total. The monoisotopic (exact) mass is 326 g/mol. The van der Waals surface area contributed by atoms with E-state index >= 15 is 0 Å². The van der Waals surface area contributed by atoms with Crippen molar-refractivity contribution in [2.45, 2.75) is 76.5 Å². The number of allylic oxidation sites excluding steroid dienone is 1. The first-order valence-corrected chi connectivity index (χ1v) is 9.69. The number of hydrogen-bond acceptors (Lipinski definition) is 1. The molecule has 130 valence electrons. The van der Waals surface area contributed by atoms with E-state index in [-0.39, 0.29) is 0 Å². The highest BCUT2D eigenvalue weighted by atomic mass is 16.4. The highest BCUT2D eigenvalue weighted by Crippen LogP contribution is 2.38. The van der Waals surface area contributed by atoms with E-state index in [0.717, 1.165) is 24.7 Å². The van der Waals surface area contributed by atoms with Gasteiger partial charge in [0.1, 0.15) is 0 Å². The van der Waals surface area contributed by atoms with Crippen LogP contribution in [0.5, 0.6) is 0 Å². The average Bonchev–Trinajstić information content (AvgIpc) is 2.63. The van der Waals surface area contributed by atoms with Crippen LogP contribution in [0.1, 0.15) is 87.7 Å². The van der Waals surface area contributed by atoms with Crippen molar-refractivity contribution >= 4 is 5.97 Å². The number of rotatable bonds is 5. The van der Waals surface area contributed by atoms with Crippen LogP contribution in [-0.4, -0.2) is 11.1 Å². The Labute approximate surface area is 146 Å². The molecule has 0 amide bonds.